The Bertz CT molecular complexity index is 229. The highest BCUT2D eigenvalue weighted by Crippen LogP contribution is 2.40. The summed E-state index contributed by atoms with van der Waals surface area (Å²) >= 11 is 0. The van der Waals surface area contributed by atoms with Crippen LogP contribution in [0.3, 0.4) is 0 Å². The zero-order chi connectivity index (χ0) is 11.1. The van der Waals surface area contributed by atoms with Crippen molar-refractivity contribution < 1.29 is 0 Å². The van der Waals surface area contributed by atoms with Crippen LogP contribution in [-0.2, 0) is 0 Å². The molecule has 0 amide bonds. The molecule has 0 spiro atoms. The van der Waals surface area contributed by atoms with E-state index in [1.807, 2.05) is 0 Å². The highest BCUT2D eigenvalue weighted by Gasteiger charge is 2.39. The summed E-state index contributed by atoms with van der Waals surface area (Å²) in [5.74, 6) is 1.94. The van der Waals surface area contributed by atoms with E-state index in [9.17, 15) is 0 Å². The minimum Gasteiger partial charge on any atom is -0.327 e. The van der Waals surface area contributed by atoms with Gasteiger partial charge >= 0.3 is 0 Å². The summed E-state index contributed by atoms with van der Waals surface area (Å²) in [5.41, 5.74) is 6.59. The summed E-state index contributed by atoms with van der Waals surface area (Å²) in [7, 11) is 2.27. The molecule has 0 radical (unpaired) electrons. The van der Waals surface area contributed by atoms with Crippen LogP contribution < -0.4 is 5.73 Å². The predicted molar refractivity (Wildman–Crippen MR) is 64.7 cm³/mol. The van der Waals surface area contributed by atoms with E-state index in [1.165, 1.54) is 38.8 Å². The van der Waals surface area contributed by atoms with E-state index >= 15 is 0 Å². The molecule has 0 aromatic rings. The lowest BCUT2D eigenvalue weighted by molar-refractivity contribution is 0.172. The lowest BCUT2D eigenvalue weighted by Crippen LogP contribution is -2.43. The van der Waals surface area contributed by atoms with Gasteiger partial charge in [-0.15, -0.1) is 0 Å². The number of rotatable bonds is 4. The molecule has 4 unspecified atom stereocenters. The third kappa shape index (κ3) is 2.54. The Morgan fingerprint density at radius 2 is 2.13 bits per heavy atom. The Morgan fingerprint density at radius 1 is 1.47 bits per heavy atom. The molecule has 2 N–H and O–H groups in total. The molecule has 2 aliphatic rings. The van der Waals surface area contributed by atoms with E-state index in [4.69, 9.17) is 5.73 Å². The topological polar surface area (TPSA) is 29.3 Å². The molecule has 4 atom stereocenters. The maximum absolute atomic E-state index is 6.21. The molecular weight excluding hydrogens is 184 g/mol. The summed E-state index contributed by atoms with van der Waals surface area (Å²) in [6.45, 7) is 7.21. The van der Waals surface area contributed by atoms with Crippen LogP contribution in [0.1, 0.15) is 39.5 Å². The molecule has 0 aromatic carbocycles. The molecule has 0 bridgehead atoms. The van der Waals surface area contributed by atoms with Gasteiger partial charge in [0, 0.05) is 19.1 Å². The van der Waals surface area contributed by atoms with Gasteiger partial charge in [0.05, 0.1) is 0 Å². The fourth-order valence-electron chi connectivity index (χ4n) is 3.19. The van der Waals surface area contributed by atoms with E-state index in [0.29, 0.717) is 11.5 Å². The first-order chi connectivity index (χ1) is 7.01. The van der Waals surface area contributed by atoms with Crippen LogP contribution in [0.25, 0.3) is 0 Å². The van der Waals surface area contributed by atoms with Gasteiger partial charge in [0.25, 0.3) is 0 Å². The molecule has 2 nitrogen and oxygen atoms in total. The highest BCUT2D eigenvalue weighted by atomic mass is 15.1. The largest absolute Gasteiger partial charge is 0.327 e. The van der Waals surface area contributed by atoms with Crippen LogP contribution in [0, 0.1) is 17.3 Å². The molecule has 0 saturated heterocycles. The lowest BCUT2D eigenvalue weighted by atomic mass is 9.84. The molecule has 88 valence electrons. The van der Waals surface area contributed by atoms with Crippen LogP contribution in [0.4, 0.5) is 0 Å². The molecule has 0 aromatic heterocycles. The Hall–Kier alpha value is -0.0800. The lowest BCUT2D eigenvalue weighted by Gasteiger charge is -2.33. The van der Waals surface area contributed by atoms with Crippen LogP contribution in [0.5, 0.6) is 0 Å². The number of nitrogens with two attached hydrogens (primary N) is 1. The minimum absolute atomic E-state index is 0.382. The SMILES string of the molecule is CC1CC1CN(C)CC1(C)CCCC1N. The predicted octanol–water partition coefficient (Wildman–Crippen LogP) is 2.09. The molecule has 2 fully saturated rings. The van der Waals surface area contributed by atoms with E-state index < -0.39 is 0 Å². The summed E-state index contributed by atoms with van der Waals surface area (Å²) < 4.78 is 0. The van der Waals surface area contributed by atoms with Crippen molar-refractivity contribution in [2.45, 2.75) is 45.6 Å². The molecule has 0 aliphatic heterocycles. The van der Waals surface area contributed by atoms with Gasteiger partial charge in [-0.3, -0.25) is 0 Å². The zero-order valence-corrected chi connectivity index (χ0v) is 10.5. The fourth-order valence-corrected chi connectivity index (χ4v) is 3.19. The fraction of sp³-hybridized carbons (Fsp3) is 1.00. The zero-order valence-electron chi connectivity index (χ0n) is 10.5. The average molecular weight is 210 g/mol. The molecular formula is C13H26N2. The number of hydrogen-bond acceptors (Lipinski definition) is 2. The average Bonchev–Trinajstić information content (AvgIpc) is 2.70. The van der Waals surface area contributed by atoms with E-state index in [0.717, 1.165) is 11.8 Å². The third-order valence-electron chi connectivity index (χ3n) is 4.61. The monoisotopic (exact) mass is 210 g/mol. The van der Waals surface area contributed by atoms with Gasteiger partial charge in [-0.1, -0.05) is 20.3 Å². The van der Waals surface area contributed by atoms with Crippen molar-refractivity contribution in [2.75, 3.05) is 20.1 Å². The Morgan fingerprint density at radius 3 is 2.60 bits per heavy atom. The Labute approximate surface area is 94.2 Å². The maximum atomic E-state index is 6.21. The first-order valence-corrected chi connectivity index (χ1v) is 6.45. The van der Waals surface area contributed by atoms with Gasteiger partial charge in [-0.05, 0) is 43.6 Å². The summed E-state index contributed by atoms with van der Waals surface area (Å²) in [4.78, 5) is 2.51. The second-order valence-electron chi connectivity index (χ2n) is 6.32. The van der Waals surface area contributed by atoms with Gasteiger partial charge < -0.3 is 10.6 Å². The molecule has 2 aliphatic carbocycles. The van der Waals surface area contributed by atoms with E-state index in [2.05, 4.69) is 25.8 Å². The van der Waals surface area contributed by atoms with Gasteiger partial charge in [0.2, 0.25) is 0 Å². The number of nitrogens with zero attached hydrogens (tertiary/aromatic N) is 1. The van der Waals surface area contributed by atoms with Gasteiger partial charge in [-0.25, -0.2) is 0 Å². The van der Waals surface area contributed by atoms with Gasteiger partial charge in [0.15, 0.2) is 0 Å². The first kappa shape index (κ1) is 11.4. The molecule has 0 heterocycles. The van der Waals surface area contributed by atoms with E-state index in [-0.39, 0.29) is 0 Å². The highest BCUT2D eigenvalue weighted by molar-refractivity contribution is 4.94. The van der Waals surface area contributed by atoms with Crippen molar-refractivity contribution >= 4 is 0 Å². The normalized spacial score (nSPS) is 45.0. The summed E-state index contributed by atoms with van der Waals surface area (Å²) in [5, 5.41) is 0. The van der Waals surface area contributed by atoms with E-state index in [1.54, 1.807) is 0 Å². The maximum Gasteiger partial charge on any atom is 0.0105 e. The molecule has 15 heavy (non-hydrogen) atoms. The first-order valence-electron chi connectivity index (χ1n) is 6.45. The van der Waals surface area contributed by atoms with Crippen molar-refractivity contribution in [1.82, 2.24) is 4.90 Å². The molecule has 2 saturated carbocycles. The minimum atomic E-state index is 0.382. The smallest absolute Gasteiger partial charge is 0.0105 e. The van der Waals surface area contributed by atoms with Gasteiger partial charge in [-0.2, -0.15) is 0 Å². The second kappa shape index (κ2) is 4.06. The van der Waals surface area contributed by atoms with Crippen molar-refractivity contribution in [3.63, 3.8) is 0 Å². The summed E-state index contributed by atoms with van der Waals surface area (Å²) in [6, 6.07) is 0.427. The standard InChI is InChI=1S/C13H26N2/c1-10-7-11(10)8-15(3)9-13(2)6-4-5-12(13)14/h10-12H,4-9,14H2,1-3H3. The van der Waals surface area contributed by atoms with Crippen LogP contribution in [0.2, 0.25) is 0 Å². The van der Waals surface area contributed by atoms with Crippen molar-refractivity contribution in [3.8, 4) is 0 Å². The van der Waals surface area contributed by atoms with Crippen molar-refractivity contribution in [2.24, 2.45) is 23.0 Å². The quantitative estimate of drug-likeness (QED) is 0.770. The van der Waals surface area contributed by atoms with Crippen molar-refractivity contribution in [1.29, 1.82) is 0 Å². The molecule has 2 rings (SSSR count). The second-order valence-corrected chi connectivity index (χ2v) is 6.32. The van der Waals surface area contributed by atoms with Crippen molar-refractivity contribution in [3.05, 3.63) is 0 Å². The van der Waals surface area contributed by atoms with Crippen LogP contribution in [-0.4, -0.2) is 31.1 Å². The third-order valence-corrected chi connectivity index (χ3v) is 4.61. The number of hydrogen-bond donors (Lipinski definition) is 1. The summed E-state index contributed by atoms with van der Waals surface area (Å²) in [6.07, 6.45) is 5.31. The molecule has 2 heteroatoms. The Balaban J connectivity index is 1.79. The van der Waals surface area contributed by atoms with Crippen LogP contribution >= 0.6 is 0 Å². The van der Waals surface area contributed by atoms with Crippen LogP contribution in [0.15, 0.2) is 0 Å². The van der Waals surface area contributed by atoms with Gasteiger partial charge in [0.1, 0.15) is 0 Å². The Kier molecular flexibility index (Phi) is 3.09.